The molecule has 4 nitrogen and oxygen atoms in total. The van der Waals surface area contributed by atoms with Crippen molar-refractivity contribution in [2.45, 2.75) is 32.7 Å². The Labute approximate surface area is 123 Å². The summed E-state index contributed by atoms with van der Waals surface area (Å²) in [6, 6.07) is 4.30. The van der Waals surface area contributed by atoms with Crippen molar-refractivity contribution in [1.29, 1.82) is 0 Å². The molecule has 1 fully saturated rings. The number of likely N-dealkylation sites (N-methyl/N-ethyl adjacent to an activating group) is 1. The number of aromatic nitrogens is 1. The standard InChI is InChI=1S/C16H28N4/c1-3-7-17-14-15-6-8-18-16(13-15)19(2)11-12-20-9-4-5-10-20/h6,8,13,17H,3-5,7,9-12,14H2,1-2H3. The van der Waals surface area contributed by atoms with E-state index in [1.807, 2.05) is 6.20 Å². The highest BCUT2D eigenvalue weighted by molar-refractivity contribution is 5.40. The lowest BCUT2D eigenvalue weighted by atomic mass is 10.2. The van der Waals surface area contributed by atoms with Gasteiger partial charge < -0.3 is 15.1 Å². The Balaban J connectivity index is 1.81. The fourth-order valence-corrected chi connectivity index (χ4v) is 2.60. The van der Waals surface area contributed by atoms with E-state index in [1.165, 1.54) is 37.9 Å². The molecule has 1 aromatic rings. The highest BCUT2D eigenvalue weighted by atomic mass is 15.2. The Hall–Kier alpha value is -1.13. The molecule has 0 amide bonds. The smallest absolute Gasteiger partial charge is 0.128 e. The van der Waals surface area contributed by atoms with E-state index in [1.54, 1.807) is 0 Å². The van der Waals surface area contributed by atoms with E-state index < -0.39 is 0 Å². The molecule has 0 saturated carbocycles. The Morgan fingerprint density at radius 1 is 1.35 bits per heavy atom. The minimum Gasteiger partial charge on any atom is -0.358 e. The molecular weight excluding hydrogens is 248 g/mol. The normalized spacial score (nSPS) is 15.7. The molecule has 1 saturated heterocycles. The number of nitrogens with one attached hydrogen (secondary N) is 1. The first kappa shape index (κ1) is 15.3. The minimum absolute atomic E-state index is 0.934. The van der Waals surface area contributed by atoms with Crippen LogP contribution in [0.1, 0.15) is 31.7 Å². The van der Waals surface area contributed by atoms with Crippen LogP contribution in [0.5, 0.6) is 0 Å². The summed E-state index contributed by atoms with van der Waals surface area (Å²) in [5.41, 5.74) is 1.32. The average molecular weight is 276 g/mol. The molecular formula is C16H28N4. The highest BCUT2D eigenvalue weighted by Gasteiger charge is 2.12. The highest BCUT2D eigenvalue weighted by Crippen LogP contribution is 2.12. The summed E-state index contributed by atoms with van der Waals surface area (Å²) in [6.07, 6.45) is 5.82. The van der Waals surface area contributed by atoms with Gasteiger partial charge in [0.15, 0.2) is 0 Å². The van der Waals surface area contributed by atoms with Crippen LogP contribution in [0.2, 0.25) is 0 Å². The first-order valence-corrected chi connectivity index (χ1v) is 7.88. The molecule has 2 heterocycles. The topological polar surface area (TPSA) is 31.4 Å². The van der Waals surface area contributed by atoms with Crippen LogP contribution < -0.4 is 10.2 Å². The van der Waals surface area contributed by atoms with E-state index in [4.69, 9.17) is 0 Å². The molecule has 0 aliphatic carbocycles. The molecule has 1 aliphatic rings. The van der Waals surface area contributed by atoms with Crippen LogP contribution >= 0.6 is 0 Å². The third-order valence-electron chi connectivity index (χ3n) is 3.91. The lowest BCUT2D eigenvalue weighted by molar-refractivity contribution is 0.346. The second kappa shape index (κ2) is 8.22. The van der Waals surface area contributed by atoms with E-state index in [-0.39, 0.29) is 0 Å². The van der Waals surface area contributed by atoms with Crippen molar-refractivity contribution in [2.24, 2.45) is 0 Å². The Kier molecular flexibility index (Phi) is 6.27. The van der Waals surface area contributed by atoms with Crippen molar-refractivity contribution in [3.63, 3.8) is 0 Å². The fraction of sp³-hybridized carbons (Fsp3) is 0.688. The van der Waals surface area contributed by atoms with E-state index in [0.717, 1.165) is 32.0 Å². The summed E-state index contributed by atoms with van der Waals surface area (Å²) >= 11 is 0. The average Bonchev–Trinajstić information content (AvgIpc) is 2.99. The summed E-state index contributed by atoms with van der Waals surface area (Å²) in [4.78, 5) is 9.30. The lowest BCUT2D eigenvalue weighted by Gasteiger charge is -2.22. The van der Waals surface area contributed by atoms with E-state index in [0.29, 0.717) is 0 Å². The zero-order valence-electron chi connectivity index (χ0n) is 12.9. The van der Waals surface area contributed by atoms with Crippen LogP contribution in [0, 0.1) is 0 Å². The molecule has 1 aliphatic heterocycles. The zero-order valence-corrected chi connectivity index (χ0v) is 12.9. The molecule has 0 radical (unpaired) electrons. The maximum Gasteiger partial charge on any atom is 0.128 e. The van der Waals surface area contributed by atoms with Crippen molar-refractivity contribution in [3.8, 4) is 0 Å². The molecule has 0 atom stereocenters. The molecule has 4 heteroatoms. The van der Waals surface area contributed by atoms with E-state index in [2.05, 4.69) is 46.2 Å². The van der Waals surface area contributed by atoms with Gasteiger partial charge in [-0.05, 0) is 56.6 Å². The molecule has 0 bridgehead atoms. The number of hydrogen-bond donors (Lipinski definition) is 1. The van der Waals surface area contributed by atoms with Crippen molar-refractivity contribution in [3.05, 3.63) is 23.9 Å². The van der Waals surface area contributed by atoms with E-state index in [9.17, 15) is 0 Å². The molecule has 0 unspecified atom stereocenters. The number of anilines is 1. The van der Waals surface area contributed by atoms with Crippen molar-refractivity contribution in [1.82, 2.24) is 15.2 Å². The molecule has 0 aromatic carbocycles. The molecule has 112 valence electrons. The molecule has 0 spiro atoms. The molecule has 2 rings (SSSR count). The first-order valence-electron chi connectivity index (χ1n) is 7.88. The van der Waals surface area contributed by atoms with Gasteiger partial charge in [-0.3, -0.25) is 0 Å². The van der Waals surface area contributed by atoms with Crippen LogP contribution in [-0.2, 0) is 6.54 Å². The van der Waals surface area contributed by atoms with Crippen molar-refractivity contribution < 1.29 is 0 Å². The number of nitrogens with zero attached hydrogens (tertiary/aromatic N) is 3. The molecule has 1 aromatic heterocycles. The van der Waals surface area contributed by atoms with Crippen LogP contribution in [0.25, 0.3) is 0 Å². The van der Waals surface area contributed by atoms with Crippen LogP contribution in [0.4, 0.5) is 5.82 Å². The SMILES string of the molecule is CCCNCc1ccnc(N(C)CCN2CCCC2)c1. The van der Waals surface area contributed by atoms with Gasteiger partial charge in [0.25, 0.3) is 0 Å². The molecule has 1 N–H and O–H groups in total. The Morgan fingerprint density at radius 2 is 2.15 bits per heavy atom. The van der Waals surface area contributed by atoms with Gasteiger partial charge in [0.1, 0.15) is 5.82 Å². The summed E-state index contributed by atoms with van der Waals surface area (Å²) in [5.74, 6) is 1.08. The van der Waals surface area contributed by atoms with Gasteiger partial charge in [-0.15, -0.1) is 0 Å². The lowest BCUT2D eigenvalue weighted by Crippen LogP contribution is -2.31. The summed E-state index contributed by atoms with van der Waals surface area (Å²) in [7, 11) is 2.14. The second-order valence-electron chi connectivity index (χ2n) is 5.67. The minimum atomic E-state index is 0.934. The maximum absolute atomic E-state index is 4.49. The van der Waals surface area contributed by atoms with Gasteiger partial charge in [-0.1, -0.05) is 6.92 Å². The number of hydrogen-bond acceptors (Lipinski definition) is 4. The Morgan fingerprint density at radius 3 is 2.90 bits per heavy atom. The first-order chi connectivity index (χ1) is 9.79. The van der Waals surface area contributed by atoms with Gasteiger partial charge in [0.2, 0.25) is 0 Å². The van der Waals surface area contributed by atoms with Crippen molar-refractivity contribution >= 4 is 5.82 Å². The van der Waals surface area contributed by atoms with E-state index >= 15 is 0 Å². The van der Waals surface area contributed by atoms with Crippen LogP contribution in [0.3, 0.4) is 0 Å². The maximum atomic E-state index is 4.49. The Bertz CT molecular complexity index is 388. The predicted octanol–water partition coefficient (Wildman–Crippen LogP) is 2.11. The zero-order chi connectivity index (χ0) is 14.2. The van der Waals surface area contributed by atoms with Crippen molar-refractivity contribution in [2.75, 3.05) is 44.7 Å². The fourth-order valence-electron chi connectivity index (χ4n) is 2.60. The summed E-state index contributed by atoms with van der Waals surface area (Å²) in [5, 5.41) is 3.44. The largest absolute Gasteiger partial charge is 0.358 e. The van der Waals surface area contributed by atoms with Gasteiger partial charge in [-0.2, -0.15) is 0 Å². The van der Waals surface area contributed by atoms with Gasteiger partial charge in [-0.25, -0.2) is 4.98 Å². The third kappa shape index (κ3) is 4.76. The quantitative estimate of drug-likeness (QED) is 0.737. The second-order valence-corrected chi connectivity index (χ2v) is 5.67. The summed E-state index contributed by atoms with van der Waals surface area (Å²) in [6.45, 7) is 8.93. The van der Waals surface area contributed by atoms with Crippen LogP contribution in [0.15, 0.2) is 18.3 Å². The number of pyridine rings is 1. The monoisotopic (exact) mass is 276 g/mol. The van der Waals surface area contributed by atoms with Crippen LogP contribution in [-0.4, -0.2) is 49.7 Å². The predicted molar refractivity (Wildman–Crippen MR) is 85.2 cm³/mol. The number of likely N-dealkylation sites (tertiary alicyclic amines) is 1. The van der Waals surface area contributed by atoms with Gasteiger partial charge in [0, 0.05) is 32.9 Å². The van der Waals surface area contributed by atoms with Gasteiger partial charge >= 0.3 is 0 Å². The number of rotatable bonds is 8. The summed E-state index contributed by atoms with van der Waals surface area (Å²) < 4.78 is 0. The third-order valence-corrected chi connectivity index (χ3v) is 3.91. The van der Waals surface area contributed by atoms with Gasteiger partial charge in [0.05, 0.1) is 0 Å². The molecule has 20 heavy (non-hydrogen) atoms.